The summed E-state index contributed by atoms with van der Waals surface area (Å²) in [5, 5.41) is 2.84. The summed E-state index contributed by atoms with van der Waals surface area (Å²) < 4.78 is 46.2. The monoisotopic (exact) mass is 567 g/mol. The van der Waals surface area contributed by atoms with E-state index in [1.165, 1.54) is 36.3 Å². The van der Waals surface area contributed by atoms with Gasteiger partial charge in [0.15, 0.2) is 0 Å². The minimum atomic E-state index is -3.56. The van der Waals surface area contributed by atoms with E-state index >= 15 is 0 Å². The van der Waals surface area contributed by atoms with Crippen LogP contribution in [0.4, 0.5) is 4.39 Å². The number of halogens is 1. The number of benzene rings is 3. The molecule has 0 unspecified atom stereocenters. The van der Waals surface area contributed by atoms with E-state index in [4.69, 9.17) is 4.74 Å². The van der Waals surface area contributed by atoms with E-state index in [1.54, 1.807) is 48.5 Å². The molecule has 1 aliphatic rings. The quantitative estimate of drug-likeness (QED) is 0.289. The molecule has 1 fully saturated rings. The standard InChI is InChI=1S/C30H34FN3O5S/c1-39-20-19-32-30(36)29(24-5-3-2-4-6-24)34(21-23-7-12-25(31)13-8-23)28(35)18-11-22-9-16-27(17-10-22)40(37,38)33-26-14-15-26/h2-10,12-13,16-17,26,29,33H,11,14-15,18-21H2,1H3,(H,32,36)/t29-/m1/s1. The van der Waals surface area contributed by atoms with Gasteiger partial charge in [0.1, 0.15) is 11.9 Å². The van der Waals surface area contributed by atoms with Crippen LogP contribution < -0.4 is 10.0 Å². The Labute approximate surface area is 234 Å². The van der Waals surface area contributed by atoms with Crippen molar-refractivity contribution >= 4 is 21.8 Å². The summed E-state index contributed by atoms with van der Waals surface area (Å²) in [6.45, 7) is 0.698. The highest BCUT2D eigenvalue weighted by molar-refractivity contribution is 7.89. The zero-order valence-electron chi connectivity index (χ0n) is 22.4. The predicted octanol–water partition coefficient (Wildman–Crippen LogP) is 3.73. The maximum absolute atomic E-state index is 13.7. The second-order valence-corrected chi connectivity index (χ2v) is 11.5. The molecule has 1 atom stereocenters. The van der Waals surface area contributed by atoms with Crippen LogP contribution in [0.15, 0.2) is 83.8 Å². The van der Waals surface area contributed by atoms with Crippen LogP contribution in [0.2, 0.25) is 0 Å². The second-order valence-electron chi connectivity index (χ2n) is 9.78. The van der Waals surface area contributed by atoms with Gasteiger partial charge in [0.2, 0.25) is 21.8 Å². The van der Waals surface area contributed by atoms with Crippen molar-refractivity contribution in [3.05, 3.63) is 101 Å². The van der Waals surface area contributed by atoms with Crippen molar-refractivity contribution in [3.63, 3.8) is 0 Å². The average molecular weight is 568 g/mol. The lowest BCUT2D eigenvalue weighted by molar-refractivity contribution is -0.141. The number of carbonyl (C=O) groups is 2. The number of carbonyl (C=O) groups excluding carboxylic acids is 2. The van der Waals surface area contributed by atoms with E-state index in [1.807, 2.05) is 6.07 Å². The molecular formula is C30H34FN3O5S. The molecule has 10 heteroatoms. The highest BCUT2D eigenvalue weighted by Gasteiger charge is 2.31. The van der Waals surface area contributed by atoms with Crippen molar-refractivity contribution in [1.82, 2.24) is 14.9 Å². The molecule has 3 aromatic rings. The zero-order valence-corrected chi connectivity index (χ0v) is 23.2. The molecule has 0 aromatic heterocycles. The van der Waals surface area contributed by atoms with E-state index in [0.29, 0.717) is 24.2 Å². The van der Waals surface area contributed by atoms with Gasteiger partial charge >= 0.3 is 0 Å². The third kappa shape index (κ3) is 8.20. The lowest BCUT2D eigenvalue weighted by atomic mass is 10.0. The highest BCUT2D eigenvalue weighted by Crippen LogP contribution is 2.26. The summed E-state index contributed by atoms with van der Waals surface area (Å²) in [4.78, 5) is 28.8. The van der Waals surface area contributed by atoms with Crippen molar-refractivity contribution in [2.24, 2.45) is 0 Å². The molecule has 0 saturated heterocycles. The summed E-state index contributed by atoms with van der Waals surface area (Å²) in [6, 6.07) is 20.4. The van der Waals surface area contributed by atoms with Gasteiger partial charge in [-0.3, -0.25) is 9.59 Å². The van der Waals surface area contributed by atoms with Crippen LogP contribution in [-0.2, 0) is 37.3 Å². The van der Waals surface area contributed by atoms with Crippen LogP contribution in [0.3, 0.4) is 0 Å². The Morgan fingerprint density at radius 2 is 1.62 bits per heavy atom. The first-order chi connectivity index (χ1) is 19.3. The van der Waals surface area contributed by atoms with Crippen molar-refractivity contribution in [1.29, 1.82) is 0 Å². The van der Waals surface area contributed by atoms with Gasteiger partial charge in [0.05, 0.1) is 11.5 Å². The Bertz CT molecular complexity index is 1380. The summed E-state index contributed by atoms with van der Waals surface area (Å²) >= 11 is 0. The van der Waals surface area contributed by atoms with Gasteiger partial charge < -0.3 is 15.0 Å². The first-order valence-corrected chi connectivity index (χ1v) is 14.7. The molecule has 2 amide bonds. The van der Waals surface area contributed by atoms with Crippen LogP contribution in [0.1, 0.15) is 42.0 Å². The fraction of sp³-hybridized carbons (Fsp3) is 0.333. The summed E-state index contributed by atoms with van der Waals surface area (Å²) in [5.41, 5.74) is 2.12. The van der Waals surface area contributed by atoms with E-state index < -0.39 is 21.9 Å². The van der Waals surface area contributed by atoms with Gasteiger partial charge in [-0.15, -0.1) is 0 Å². The number of ether oxygens (including phenoxy) is 1. The molecule has 3 aromatic carbocycles. The largest absolute Gasteiger partial charge is 0.383 e. The van der Waals surface area contributed by atoms with Gasteiger partial charge in [-0.2, -0.15) is 0 Å². The van der Waals surface area contributed by atoms with Crippen LogP contribution in [0.25, 0.3) is 0 Å². The van der Waals surface area contributed by atoms with Gasteiger partial charge in [-0.25, -0.2) is 17.5 Å². The Balaban J connectivity index is 1.54. The number of methoxy groups -OCH3 is 1. The lowest BCUT2D eigenvalue weighted by Gasteiger charge is -2.32. The topological polar surface area (TPSA) is 105 Å². The molecule has 0 spiro atoms. The number of hydrogen-bond donors (Lipinski definition) is 2. The Morgan fingerprint density at radius 3 is 2.25 bits per heavy atom. The van der Waals surface area contributed by atoms with Crippen LogP contribution >= 0.6 is 0 Å². The lowest BCUT2D eigenvalue weighted by Crippen LogP contribution is -2.44. The number of nitrogens with one attached hydrogen (secondary N) is 2. The minimum Gasteiger partial charge on any atom is -0.383 e. The minimum absolute atomic E-state index is 0.0126. The van der Waals surface area contributed by atoms with Crippen molar-refractivity contribution in [3.8, 4) is 0 Å². The van der Waals surface area contributed by atoms with Crippen LogP contribution in [0.5, 0.6) is 0 Å². The molecule has 1 saturated carbocycles. The molecule has 40 heavy (non-hydrogen) atoms. The molecule has 8 nitrogen and oxygen atoms in total. The van der Waals surface area contributed by atoms with Gasteiger partial charge in [0, 0.05) is 32.7 Å². The third-order valence-electron chi connectivity index (χ3n) is 6.63. The molecule has 0 heterocycles. The fourth-order valence-corrected chi connectivity index (χ4v) is 5.61. The molecule has 2 N–H and O–H groups in total. The maximum atomic E-state index is 13.7. The molecule has 0 radical (unpaired) electrons. The van der Waals surface area contributed by atoms with Crippen molar-refractivity contribution < 1.29 is 27.1 Å². The third-order valence-corrected chi connectivity index (χ3v) is 8.16. The van der Waals surface area contributed by atoms with E-state index in [0.717, 1.165) is 18.4 Å². The fourth-order valence-electron chi connectivity index (χ4n) is 4.31. The van der Waals surface area contributed by atoms with Crippen molar-refractivity contribution in [2.45, 2.75) is 49.2 Å². The summed E-state index contributed by atoms with van der Waals surface area (Å²) in [5.74, 6) is -1.01. The number of amides is 2. The molecule has 212 valence electrons. The number of sulfonamides is 1. The molecule has 0 bridgehead atoms. The molecular weight excluding hydrogens is 533 g/mol. The predicted molar refractivity (Wildman–Crippen MR) is 149 cm³/mol. The van der Waals surface area contributed by atoms with Crippen LogP contribution in [0, 0.1) is 5.82 Å². The van der Waals surface area contributed by atoms with Gasteiger partial charge in [-0.1, -0.05) is 54.6 Å². The van der Waals surface area contributed by atoms with E-state index in [2.05, 4.69) is 10.0 Å². The van der Waals surface area contributed by atoms with Crippen molar-refractivity contribution in [2.75, 3.05) is 20.3 Å². The number of hydrogen-bond acceptors (Lipinski definition) is 5. The SMILES string of the molecule is COCCNC(=O)[C@@H](c1ccccc1)N(Cc1ccc(F)cc1)C(=O)CCc1ccc(S(=O)(=O)NC2CC2)cc1. The maximum Gasteiger partial charge on any atom is 0.247 e. The Hall–Kier alpha value is -3.60. The van der Waals surface area contributed by atoms with Gasteiger partial charge in [0.25, 0.3) is 0 Å². The first-order valence-electron chi connectivity index (χ1n) is 13.2. The molecule has 4 rings (SSSR count). The first kappa shape index (κ1) is 29.4. The summed E-state index contributed by atoms with van der Waals surface area (Å²) in [7, 11) is -2.02. The number of nitrogens with zero attached hydrogens (tertiary/aromatic N) is 1. The van der Waals surface area contributed by atoms with Crippen LogP contribution in [-0.4, -0.2) is 51.4 Å². The van der Waals surface area contributed by atoms with Gasteiger partial charge in [-0.05, 0) is 60.2 Å². The zero-order chi connectivity index (χ0) is 28.5. The van der Waals surface area contributed by atoms with E-state index in [9.17, 15) is 22.4 Å². The smallest absolute Gasteiger partial charge is 0.247 e. The Kier molecular flexibility index (Phi) is 10.0. The molecule has 1 aliphatic carbocycles. The molecule has 0 aliphatic heterocycles. The van der Waals surface area contributed by atoms with E-state index in [-0.39, 0.29) is 42.3 Å². The summed E-state index contributed by atoms with van der Waals surface area (Å²) in [6.07, 6.45) is 2.13. The number of aryl methyl sites for hydroxylation is 1. The highest BCUT2D eigenvalue weighted by atomic mass is 32.2. The average Bonchev–Trinajstić information content (AvgIpc) is 3.77. The second kappa shape index (κ2) is 13.6. The Morgan fingerprint density at radius 1 is 0.975 bits per heavy atom. The number of rotatable bonds is 14. The normalized spacial score (nSPS) is 13.9.